The van der Waals surface area contributed by atoms with Crippen molar-refractivity contribution in [1.29, 1.82) is 0 Å². The fourth-order valence-electron chi connectivity index (χ4n) is 3.33. The first kappa shape index (κ1) is 21.9. The Balaban J connectivity index is 1.66. The van der Waals surface area contributed by atoms with E-state index in [0.717, 1.165) is 28.3 Å². The van der Waals surface area contributed by atoms with Gasteiger partial charge in [0.1, 0.15) is 5.76 Å². The van der Waals surface area contributed by atoms with Crippen molar-refractivity contribution in [2.75, 3.05) is 20.6 Å². The van der Waals surface area contributed by atoms with Crippen LogP contribution in [0.15, 0.2) is 53.2 Å². The summed E-state index contributed by atoms with van der Waals surface area (Å²) in [5, 5.41) is 8.27. The molecule has 7 heteroatoms. The Morgan fingerprint density at radius 2 is 2.03 bits per heavy atom. The lowest BCUT2D eigenvalue weighted by Crippen LogP contribution is -2.33. The fourth-order valence-corrected chi connectivity index (χ4v) is 3.52. The van der Waals surface area contributed by atoms with Crippen LogP contribution in [0.4, 0.5) is 0 Å². The van der Waals surface area contributed by atoms with E-state index < -0.39 is 0 Å². The summed E-state index contributed by atoms with van der Waals surface area (Å²) in [5.41, 5.74) is 3.79. The molecule has 1 unspecified atom stereocenters. The number of aromatic nitrogens is 2. The Hall–Kier alpha value is -2.83. The first-order valence-electron chi connectivity index (χ1n) is 9.80. The number of aryl methyl sites for hydroxylation is 1. The molecular formula is C23H27ClN4O2. The summed E-state index contributed by atoms with van der Waals surface area (Å²) in [6.45, 7) is 4.97. The molecule has 0 radical (unpaired) electrons. The highest BCUT2D eigenvalue weighted by Gasteiger charge is 2.17. The summed E-state index contributed by atoms with van der Waals surface area (Å²) >= 11 is 6.28. The SMILES string of the molecule is Cc1nn(Cc2ccccc2Cl)c(C)c1C=CC(=O)NCC(c1ccco1)N(C)C. The molecule has 0 aliphatic rings. The third kappa shape index (κ3) is 5.20. The molecule has 0 spiro atoms. The molecule has 158 valence electrons. The topological polar surface area (TPSA) is 63.3 Å². The number of rotatable bonds is 8. The lowest BCUT2D eigenvalue weighted by atomic mass is 10.1. The number of hydrogen-bond donors (Lipinski definition) is 1. The summed E-state index contributed by atoms with van der Waals surface area (Å²) in [6, 6.07) is 11.5. The van der Waals surface area contributed by atoms with Gasteiger partial charge in [0.2, 0.25) is 5.91 Å². The van der Waals surface area contributed by atoms with E-state index in [2.05, 4.69) is 10.4 Å². The number of likely N-dealkylation sites (N-methyl/N-ethyl adjacent to an activating group) is 1. The molecule has 1 N–H and O–H groups in total. The van der Waals surface area contributed by atoms with Crippen LogP contribution in [0.2, 0.25) is 5.02 Å². The van der Waals surface area contributed by atoms with Gasteiger partial charge in [-0.15, -0.1) is 0 Å². The lowest BCUT2D eigenvalue weighted by molar-refractivity contribution is -0.116. The maximum atomic E-state index is 12.4. The molecule has 0 saturated carbocycles. The molecule has 30 heavy (non-hydrogen) atoms. The molecule has 0 fully saturated rings. The van der Waals surface area contributed by atoms with Gasteiger partial charge >= 0.3 is 0 Å². The van der Waals surface area contributed by atoms with Crippen LogP contribution >= 0.6 is 11.6 Å². The second kappa shape index (κ2) is 9.78. The number of furan rings is 1. The van der Waals surface area contributed by atoms with E-state index in [-0.39, 0.29) is 11.9 Å². The van der Waals surface area contributed by atoms with E-state index in [4.69, 9.17) is 16.0 Å². The fraction of sp³-hybridized carbons (Fsp3) is 0.304. The molecule has 1 aromatic carbocycles. The van der Waals surface area contributed by atoms with Gasteiger partial charge < -0.3 is 9.73 Å². The number of amides is 1. The highest BCUT2D eigenvalue weighted by molar-refractivity contribution is 6.31. The van der Waals surface area contributed by atoms with Crippen molar-refractivity contribution in [1.82, 2.24) is 20.0 Å². The van der Waals surface area contributed by atoms with E-state index in [9.17, 15) is 4.79 Å². The van der Waals surface area contributed by atoms with Crippen LogP contribution in [0.5, 0.6) is 0 Å². The van der Waals surface area contributed by atoms with Crippen molar-refractivity contribution in [3.8, 4) is 0 Å². The average Bonchev–Trinajstić information content (AvgIpc) is 3.31. The number of carbonyl (C=O) groups excluding carboxylic acids is 1. The smallest absolute Gasteiger partial charge is 0.244 e. The Morgan fingerprint density at radius 3 is 2.70 bits per heavy atom. The van der Waals surface area contributed by atoms with Crippen LogP contribution in [0.3, 0.4) is 0 Å². The molecule has 0 saturated heterocycles. The number of carbonyl (C=O) groups is 1. The zero-order valence-electron chi connectivity index (χ0n) is 17.7. The van der Waals surface area contributed by atoms with Crippen molar-refractivity contribution in [2.24, 2.45) is 0 Å². The van der Waals surface area contributed by atoms with Gasteiger partial charge in [-0.25, -0.2) is 0 Å². The first-order chi connectivity index (χ1) is 14.4. The molecule has 0 bridgehead atoms. The van der Waals surface area contributed by atoms with E-state index in [1.54, 1.807) is 12.3 Å². The molecule has 0 aliphatic heterocycles. The van der Waals surface area contributed by atoms with Crippen molar-refractivity contribution in [3.05, 3.63) is 82.0 Å². The summed E-state index contributed by atoms with van der Waals surface area (Å²) in [7, 11) is 3.91. The predicted octanol–water partition coefficient (Wildman–Crippen LogP) is 4.23. The van der Waals surface area contributed by atoms with Gasteiger partial charge in [0.05, 0.1) is 24.5 Å². The lowest BCUT2D eigenvalue weighted by Gasteiger charge is -2.22. The van der Waals surface area contributed by atoms with E-state index in [0.29, 0.717) is 18.1 Å². The summed E-state index contributed by atoms with van der Waals surface area (Å²) < 4.78 is 7.39. The first-order valence-corrected chi connectivity index (χ1v) is 10.2. The van der Waals surface area contributed by atoms with Crippen molar-refractivity contribution < 1.29 is 9.21 Å². The second-order valence-corrected chi connectivity index (χ2v) is 7.81. The Labute approximate surface area is 182 Å². The highest BCUT2D eigenvalue weighted by Crippen LogP contribution is 2.20. The van der Waals surface area contributed by atoms with Crippen LogP contribution in [0.25, 0.3) is 6.08 Å². The van der Waals surface area contributed by atoms with Gasteiger partial charge in [-0.2, -0.15) is 5.10 Å². The number of nitrogens with zero attached hydrogens (tertiary/aromatic N) is 3. The van der Waals surface area contributed by atoms with Crippen LogP contribution in [-0.4, -0.2) is 41.2 Å². The Morgan fingerprint density at radius 1 is 1.27 bits per heavy atom. The standard InChI is InChI=1S/C23H27ClN4O2/c1-16-19(17(2)28(26-16)15-18-8-5-6-9-20(18)24)11-12-23(29)25-14-21(27(3)4)22-10-7-13-30-22/h5-13,21H,14-15H2,1-4H3,(H,25,29). The van der Waals surface area contributed by atoms with Crippen molar-refractivity contribution in [2.45, 2.75) is 26.4 Å². The number of nitrogens with one attached hydrogen (secondary N) is 1. The molecule has 6 nitrogen and oxygen atoms in total. The van der Waals surface area contributed by atoms with E-state index >= 15 is 0 Å². The second-order valence-electron chi connectivity index (χ2n) is 7.41. The quantitative estimate of drug-likeness (QED) is 0.547. The van der Waals surface area contributed by atoms with Gasteiger partial charge in [-0.05, 0) is 57.8 Å². The molecule has 3 aromatic rings. The van der Waals surface area contributed by atoms with Crippen LogP contribution in [-0.2, 0) is 11.3 Å². The minimum Gasteiger partial charge on any atom is -0.468 e. The molecule has 2 heterocycles. The number of hydrogen-bond acceptors (Lipinski definition) is 4. The maximum absolute atomic E-state index is 12.4. The van der Waals surface area contributed by atoms with E-state index in [1.165, 1.54) is 0 Å². The summed E-state index contributed by atoms with van der Waals surface area (Å²) in [4.78, 5) is 14.4. The largest absolute Gasteiger partial charge is 0.468 e. The van der Waals surface area contributed by atoms with Crippen molar-refractivity contribution >= 4 is 23.6 Å². The molecule has 0 aliphatic carbocycles. The van der Waals surface area contributed by atoms with Gasteiger partial charge in [-0.3, -0.25) is 14.4 Å². The van der Waals surface area contributed by atoms with Crippen LogP contribution in [0.1, 0.15) is 34.3 Å². The van der Waals surface area contributed by atoms with Crippen molar-refractivity contribution in [3.63, 3.8) is 0 Å². The maximum Gasteiger partial charge on any atom is 0.244 e. The zero-order valence-corrected chi connectivity index (χ0v) is 18.5. The minimum atomic E-state index is -0.161. The Kier molecular flexibility index (Phi) is 7.13. The van der Waals surface area contributed by atoms with E-state index in [1.807, 2.05) is 80.0 Å². The summed E-state index contributed by atoms with van der Waals surface area (Å²) in [6.07, 6.45) is 5.00. The normalized spacial score (nSPS) is 12.6. The van der Waals surface area contributed by atoms with Gasteiger partial charge in [0, 0.05) is 28.9 Å². The third-order valence-electron chi connectivity index (χ3n) is 5.08. The van der Waals surface area contributed by atoms with Gasteiger partial charge in [-0.1, -0.05) is 29.8 Å². The average molecular weight is 427 g/mol. The zero-order chi connectivity index (χ0) is 21.7. The molecule has 3 rings (SSSR count). The van der Waals surface area contributed by atoms with Gasteiger partial charge in [0.25, 0.3) is 0 Å². The summed E-state index contributed by atoms with van der Waals surface area (Å²) in [5.74, 6) is 0.655. The number of halogens is 1. The molecule has 1 amide bonds. The van der Waals surface area contributed by atoms with Crippen LogP contribution in [0, 0.1) is 13.8 Å². The highest BCUT2D eigenvalue weighted by atomic mass is 35.5. The minimum absolute atomic E-state index is 0.0285. The monoisotopic (exact) mass is 426 g/mol. The Bertz CT molecular complexity index is 1020. The third-order valence-corrected chi connectivity index (χ3v) is 5.45. The van der Waals surface area contributed by atoms with Crippen LogP contribution < -0.4 is 5.32 Å². The predicted molar refractivity (Wildman–Crippen MR) is 119 cm³/mol. The molecular weight excluding hydrogens is 400 g/mol. The molecule has 1 atom stereocenters. The molecule has 2 aromatic heterocycles. The number of benzene rings is 1. The van der Waals surface area contributed by atoms with Gasteiger partial charge in [0.15, 0.2) is 0 Å².